The lowest BCUT2D eigenvalue weighted by Crippen LogP contribution is -2.42. The number of aromatic nitrogens is 2. The molecule has 0 unspecified atom stereocenters. The van der Waals surface area contributed by atoms with Gasteiger partial charge in [-0.25, -0.2) is 4.98 Å². The van der Waals surface area contributed by atoms with E-state index in [-0.39, 0.29) is 17.9 Å². The van der Waals surface area contributed by atoms with Gasteiger partial charge >= 0.3 is 0 Å². The summed E-state index contributed by atoms with van der Waals surface area (Å²) in [6.07, 6.45) is 5.44. The van der Waals surface area contributed by atoms with Gasteiger partial charge < -0.3 is 15.2 Å². The van der Waals surface area contributed by atoms with Crippen molar-refractivity contribution in [1.82, 2.24) is 14.5 Å². The Hall–Kier alpha value is -3.18. The molecule has 0 bridgehead atoms. The van der Waals surface area contributed by atoms with Gasteiger partial charge in [0.1, 0.15) is 5.82 Å². The van der Waals surface area contributed by atoms with Gasteiger partial charge in [-0.2, -0.15) is 0 Å². The van der Waals surface area contributed by atoms with Crippen molar-refractivity contribution in [2.24, 2.45) is 5.73 Å². The second-order valence-electron chi connectivity index (χ2n) is 10.4. The van der Waals surface area contributed by atoms with E-state index in [4.69, 9.17) is 10.7 Å². The molecule has 5 rings (SSSR count). The van der Waals surface area contributed by atoms with E-state index in [1.807, 2.05) is 4.90 Å². The first kappa shape index (κ1) is 24.5. The van der Waals surface area contributed by atoms with Gasteiger partial charge in [-0.3, -0.25) is 4.79 Å². The summed E-state index contributed by atoms with van der Waals surface area (Å²) in [7, 11) is 0. The molecule has 0 radical (unpaired) electrons. The average Bonchev–Trinajstić information content (AvgIpc) is 3.27. The zero-order valence-electron chi connectivity index (χ0n) is 21.6. The minimum atomic E-state index is -0.184. The molecule has 2 heterocycles. The van der Waals surface area contributed by atoms with Crippen molar-refractivity contribution in [3.63, 3.8) is 0 Å². The molecule has 1 aliphatic heterocycles. The van der Waals surface area contributed by atoms with Crippen molar-refractivity contribution in [2.75, 3.05) is 13.1 Å². The number of nitrogens with zero attached hydrogens (tertiary/aromatic N) is 3. The van der Waals surface area contributed by atoms with E-state index in [1.54, 1.807) is 0 Å². The van der Waals surface area contributed by atoms with Crippen LogP contribution in [0.25, 0.3) is 21.8 Å². The van der Waals surface area contributed by atoms with Crippen LogP contribution in [0.4, 0.5) is 0 Å². The number of amides is 1. The van der Waals surface area contributed by atoms with E-state index < -0.39 is 0 Å². The monoisotopic (exact) mass is 482 g/mol. The molecule has 4 aromatic rings. The first-order chi connectivity index (χ1) is 17.5. The second kappa shape index (κ2) is 10.8. The summed E-state index contributed by atoms with van der Waals surface area (Å²) in [6.45, 7) is 6.89. The molecule has 188 valence electrons. The zero-order chi connectivity index (χ0) is 25.1. The van der Waals surface area contributed by atoms with Crippen LogP contribution < -0.4 is 5.73 Å². The molecule has 36 heavy (non-hydrogen) atoms. The number of hydrogen-bond acceptors (Lipinski definition) is 3. The van der Waals surface area contributed by atoms with Gasteiger partial charge in [0.25, 0.3) is 0 Å². The van der Waals surface area contributed by atoms with E-state index in [0.717, 1.165) is 56.7 Å². The summed E-state index contributed by atoms with van der Waals surface area (Å²) < 4.78 is 2.41. The fourth-order valence-electron chi connectivity index (χ4n) is 5.68. The highest BCUT2D eigenvalue weighted by Gasteiger charge is 2.29. The molecule has 1 aliphatic rings. The van der Waals surface area contributed by atoms with E-state index in [1.165, 1.54) is 27.4 Å². The number of para-hydroxylation sites is 1. The lowest BCUT2D eigenvalue weighted by molar-refractivity contribution is -0.132. The maximum Gasteiger partial charge on any atom is 0.224 e. The lowest BCUT2D eigenvalue weighted by atomic mass is 9.95. The van der Waals surface area contributed by atoms with Crippen molar-refractivity contribution >= 4 is 27.7 Å². The molecule has 0 aliphatic carbocycles. The molecule has 5 nitrogen and oxygen atoms in total. The van der Waals surface area contributed by atoms with Crippen molar-refractivity contribution in [1.29, 1.82) is 0 Å². The number of hydrogen-bond donors (Lipinski definition) is 1. The summed E-state index contributed by atoms with van der Waals surface area (Å²) in [5.41, 5.74) is 11.2. The number of carbonyl (C=O) groups excluding carboxylic acids is 1. The minimum Gasteiger partial charge on any atom is -0.342 e. The molecule has 1 saturated heterocycles. The minimum absolute atomic E-state index is 0.167. The third-order valence-electron chi connectivity index (χ3n) is 7.63. The molecule has 1 amide bonds. The van der Waals surface area contributed by atoms with Gasteiger partial charge in [-0.1, -0.05) is 67.9 Å². The van der Waals surface area contributed by atoms with E-state index in [9.17, 15) is 4.79 Å². The molecule has 1 fully saturated rings. The Kier molecular flexibility index (Phi) is 7.38. The van der Waals surface area contributed by atoms with Crippen LogP contribution in [0, 0.1) is 6.92 Å². The highest BCUT2D eigenvalue weighted by atomic mass is 16.2. The highest BCUT2D eigenvalue weighted by molar-refractivity contribution is 5.83. The number of nitrogens with two attached hydrogens (primary N) is 1. The highest BCUT2D eigenvalue weighted by Crippen LogP contribution is 2.31. The quantitative estimate of drug-likeness (QED) is 0.337. The Bertz CT molecular complexity index is 1360. The smallest absolute Gasteiger partial charge is 0.224 e. The Morgan fingerprint density at radius 2 is 1.94 bits per heavy atom. The number of imidazole rings is 1. The molecular weight excluding hydrogens is 444 g/mol. The van der Waals surface area contributed by atoms with Crippen molar-refractivity contribution in [3.8, 4) is 0 Å². The van der Waals surface area contributed by atoms with Gasteiger partial charge in [-0.15, -0.1) is 0 Å². The zero-order valence-corrected chi connectivity index (χ0v) is 21.6. The molecule has 3 aromatic carbocycles. The molecule has 2 N–H and O–H groups in total. The standard InChI is InChI=1S/C31H38N4O/c1-3-4-17-35-28-13-7-9-22(2)30(28)33-31(35)26-12-8-16-34(21-26)29(36)20-27(32)19-23-14-15-24-10-5-6-11-25(24)18-23/h5-7,9-11,13-15,18,26-27H,3-4,8,12,16-17,19-21,32H2,1-2H3/t26-,27-/m1/s1. The van der Waals surface area contributed by atoms with E-state index in [0.29, 0.717) is 12.8 Å². The summed E-state index contributed by atoms with van der Waals surface area (Å²) in [5, 5.41) is 2.44. The Labute approximate surface area is 214 Å². The predicted molar refractivity (Wildman–Crippen MR) is 148 cm³/mol. The number of likely N-dealkylation sites (tertiary alicyclic amines) is 1. The molecular formula is C31H38N4O. The van der Waals surface area contributed by atoms with Gasteiger partial charge in [0.05, 0.1) is 11.0 Å². The van der Waals surface area contributed by atoms with Crippen LogP contribution in [0.1, 0.15) is 61.9 Å². The van der Waals surface area contributed by atoms with Crippen molar-refractivity contribution in [2.45, 2.75) is 70.9 Å². The third-order valence-corrected chi connectivity index (χ3v) is 7.63. The first-order valence-corrected chi connectivity index (χ1v) is 13.5. The number of piperidine rings is 1. The third kappa shape index (κ3) is 5.17. The van der Waals surface area contributed by atoms with Crippen molar-refractivity contribution in [3.05, 3.63) is 77.6 Å². The maximum atomic E-state index is 13.3. The number of carbonyl (C=O) groups is 1. The van der Waals surface area contributed by atoms with Gasteiger partial charge in [-0.05, 0) is 60.6 Å². The molecule has 0 saturated carbocycles. The van der Waals surface area contributed by atoms with E-state index >= 15 is 0 Å². The Morgan fingerprint density at radius 3 is 2.78 bits per heavy atom. The van der Waals surface area contributed by atoms with Crippen LogP contribution in [-0.4, -0.2) is 39.5 Å². The summed E-state index contributed by atoms with van der Waals surface area (Å²) in [6, 6.07) is 21.1. The first-order valence-electron chi connectivity index (χ1n) is 13.5. The largest absolute Gasteiger partial charge is 0.342 e. The number of fused-ring (bicyclic) bond motifs is 2. The maximum absolute atomic E-state index is 13.3. The Balaban J connectivity index is 1.28. The number of benzene rings is 3. The normalized spacial score (nSPS) is 17.1. The SMILES string of the molecule is CCCCn1c([C@@H]2CCCN(C(=O)C[C@H](N)Cc3ccc4ccccc4c3)C2)nc2c(C)cccc21. The summed E-state index contributed by atoms with van der Waals surface area (Å²) >= 11 is 0. The van der Waals surface area contributed by atoms with Crippen LogP contribution in [0.2, 0.25) is 0 Å². The molecule has 0 spiro atoms. The summed E-state index contributed by atoms with van der Waals surface area (Å²) in [4.78, 5) is 20.4. The average molecular weight is 483 g/mol. The molecule has 1 aromatic heterocycles. The van der Waals surface area contributed by atoms with Gasteiger partial charge in [0, 0.05) is 38.0 Å². The van der Waals surface area contributed by atoms with Crippen molar-refractivity contribution < 1.29 is 4.79 Å². The molecule has 5 heteroatoms. The topological polar surface area (TPSA) is 64.2 Å². The fourth-order valence-corrected chi connectivity index (χ4v) is 5.68. The van der Waals surface area contributed by atoms with Gasteiger partial charge in [0.2, 0.25) is 5.91 Å². The van der Waals surface area contributed by atoms with Crippen LogP contribution in [-0.2, 0) is 17.8 Å². The number of unbranched alkanes of at least 4 members (excludes halogenated alkanes) is 1. The number of rotatable bonds is 8. The predicted octanol–water partition coefficient (Wildman–Crippen LogP) is 5.96. The fraction of sp³-hybridized carbons (Fsp3) is 0.419. The summed E-state index contributed by atoms with van der Waals surface area (Å²) in [5.74, 6) is 1.58. The lowest BCUT2D eigenvalue weighted by Gasteiger charge is -2.33. The van der Waals surface area contributed by atoms with Crippen LogP contribution in [0.3, 0.4) is 0 Å². The number of aryl methyl sites for hydroxylation is 2. The van der Waals surface area contributed by atoms with Crippen LogP contribution >= 0.6 is 0 Å². The Morgan fingerprint density at radius 1 is 1.11 bits per heavy atom. The van der Waals surface area contributed by atoms with Crippen LogP contribution in [0.5, 0.6) is 0 Å². The second-order valence-corrected chi connectivity index (χ2v) is 10.4. The van der Waals surface area contributed by atoms with Gasteiger partial charge in [0.15, 0.2) is 0 Å². The van der Waals surface area contributed by atoms with Crippen LogP contribution in [0.15, 0.2) is 60.7 Å². The van der Waals surface area contributed by atoms with E-state index in [2.05, 4.69) is 79.1 Å². The molecule has 2 atom stereocenters.